The van der Waals surface area contributed by atoms with E-state index in [0.717, 1.165) is 13.0 Å². The van der Waals surface area contributed by atoms with E-state index in [0.29, 0.717) is 43.1 Å². The van der Waals surface area contributed by atoms with Crippen molar-refractivity contribution in [2.45, 2.75) is 32.2 Å². The van der Waals surface area contributed by atoms with Crippen LogP contribution in [0.25, 0.3) is 11.4 Å². The smallest absolute Gasteiger partial charge is 0.226 e. The van der Waals surface area contributed by atoms with Gasteiger partial charge in [-0.2, -0.15) is 4.98 Å². The fraction of sp³-hybridized carbons (Fsp3) is 0.316. The molecule has 0 fully saturated rings. The number of thiophene rings is 1. The highest BCUT2D eigenvalue weighted by Crippen LogP contribution is 2.24. The molecule has 1 aromatic carbocycles. The third-order valence-electron chi connectivity index (χ3n) is 4.51. The largest absolute Gasteiger partial charge is 0.339 e. The van der Waals surface area contributed by atoms with Crippen molar-refractivity contribution in [2.24, 2.45) is 0 Å². The maximum atomic E-state index is 13.0. The fourth-order valence-electron chi connectivity index (χ4n) is 3.08. The third kappa shape index (κ3) is 3.67. The average molecular weight is 371 g/mol. The van der Waals surface area contributed by atoms with Crippen LogP contribution in [0.2, 0.25) is 0 Å². The zero-order chi connectivity index (χ0) is 17.9. The minimum absolute atomic E-state index is 0.167. The molecule has 0 aliphatic carbocycles. The van der Waals surface area contributed by atoms with Gasteiger partial charge in [-0.15, -0.1) is 11.3 Å². The van der Waals surface area contributed by atoms with E-state index in [4.69, 9.17) is 4.52 Å². The average Bonchev–Trinajstić information content (AvgIpc) is 3.31. The Kier molecular flexibility index (Phi) is 4.79. The molecule has 0 spiro atoms. The molecular formula is C19H18FN3O2S. The molecule has 134 valence electrons. The van der Waals surface area contributed by atoms with E-state index < -0.39 is 0 Å². The van der Waals surface area contributed by atoms with E-state index in [1.165, 1.54) is 22.6 Å². The Bertz CT molecular complexity index is 904. The zero-order valence-electron chi connectivity index (χ0n) is 14.2. The molecule has 26 heavy (non-hydrogen) atoms. The number of halogens is 1. The number of aryl methyl sites for hydroxylation is 1. The molecule has 0 saturated heterocycles. The Morgan fingerprint density at radius 2 is 2.12 bits per heavy atom. The summed E-state index contributed by atoms with van der Waals surface area (Å²) < 4.78 is 18.2. The number of hydrogen-bond acceptors (Lipinski definition) is 5. The number of rotatable bonds is 5. The van der Waals surface area contributed by atoms with Crippen LogP contribution in [0.5, 0.6) is 0 Å². The highest BCUT2D eigenvalue weighted by molar-refractivity contribution is 7.10. The van der Waals surface area contributed by atoms with Crippen LogP contribution < -0.4 is 0 Å². The lowest BCUT2D eigenvalue weighted by Crippen LogP contribution is -2.35. The highest BCUT2D eigenvalue weighted by Gasteiger charge is 2.21. The number of nitrogens with zero attached hydrogens (tertiary/aromatic N) is 3. The molecule has 0 bridgehead atoms. The number of carbonyl (C=O) groups excluding carboxylic acids is 1. The van der Waals surface area contributed by atoms with Crippen molar-refractivity contribution in [2.75, 3.05) is 6.54 Å². The lowest BCUT2D eigenvalue weighted by atomic mass is 10.1. The molecule has 1 amide bonds. The Morgan fingerprint density at radius 1 is 1.27 bits per heavy atom. The van der Waals surface area contributed by atoms with Crippen LogP contribution in [0.4, 0.5) is 4.39 Å². The number of hydrogen-bond donors (Lipinski definition) is 0. The fourth-order valence-corrected chi connectivity index (χ4v) is 3.97. The van der Waals surface area contributed by atoms with Gasteiger partial charge in [-0.1, -0.05) is 5.16 Å². The molecular weight excluding hydrogens is 353 g/mol. The number of aromatic nitrogens is 2. The van der Waals surface area contributed by atoms with Gasteiger partial charge in [-0.05, 0) is 54.1 Å². The molecule has 0 N–H and O–H groups in total. The van der Waals surface area contributed by atoms with Gasteiger partial charge in [0.2, 0.25) is 17.6 Å². The van der Waals surface area contributed by atoms with Crippen molar-refractivity contribution in [3.8, 4) is 11.4 Å². The van der Waals surface area contributed by atoms with Crippen molar-refractivity contribution in [3.63, 3.8) is 0 Å². The second-order valence-electron chi connectivity index (χ2n) is 6.31. The van der Waals surface area contributed by atoms with Crippen LogP contribution in [-0.4, -0.2) is 27.5 Å². The molecule has 3 aromatic rings. The van der Waals surface area contributed by atoms with Gasteiger partial charge in [0.15, 0.2) is 0 Å². The first-order valence-corrected chi connectivity index (χ1v) is 9.48. The summed E-state index contributed by atoms with van der Waals surface area (Å²) in [5.74, 6) is 0.798. The lowest BCUT2D eigenvalue weighted by Gasteiger charge is -2.27. The topological polar surface area (TPSA) is 59.2 Å². The predicted octanol–water partition coefficient (Wildman–Crippen LogP) is 3.84. The minimum atomic E-state index is -0.303. The molecule has 0 unspecified atom stereocenters. The molecule has 0 atom stereocenters. The number of amides is 1. The molecule has 0 saturated carbocycles. The van der Waals surface area contributed by atoms with Gasteiger partial charge in [0.1, 0.15) is 5.82 Å². The number of benzene rings is 1. The summed E-state index contributed by atoms with van der Waals surface area (Å²) in [6.45, 7) is 1.51. The number of fused-ring (bicyclic) bond motifs is 1. The summed E-state index contributed by atoms with van der Waals surface area (Å²) in [4.78, 5) is 20.0. The van der Waals surface area contributed by atoms with E-state index in [9.17, 15) is 9.18 Å². The number of carbonyl (C=O) groups is 1. The first kappa shape index (κ1) is 16.9. The molecule has 2 aromatic heterocycles. The zero-order valence-corrected chi connectivity index (χ0v) is 15.0. The Balaban J connectivity index is 1.28. The molecule has 7 heteroatoms. The molecule has 1 aliphatic rings. The first-order valence-electron chi connectivity index (χ1n) is 8.60. The van der Waals surface area contributed by atoms with E-state index in [1.807, 2.05) is 4.90 Å². The van der Waals surface area contributed by atoms with Gasteiger partial charge in [0, 0.05) is 36.4 Å². The van der Waals surface area contributed by atoms with Crippen LogP contribution >= 0.6 is 11.3 Å². The molecule has 5 nitrogen and oxygen atoms in total. The maximum Gasteiger partial charge on any atom is 0.226 e. The van der Waals surface area contributed by atoms with E-state index in [-0.39, 0.29) is 11.7 Å². The van der Waals surface area contributed by atoms with Crippen LogP contribution in [0.3, 0.4) is 0 Å². The van der Waals surface area contributed by atoms with Gasteiger partial charge in [-0.25, -0.2) is 4.39 Å². The Labute approximate surface area is 154 Å². The van der Waals surface area contributed by atoms with Gasteiger partial charge >= 0.3 is 0 Å². The summed E-state index contributed by atoms with van der Waals surface area (Å²) in [5.41, 5.74) is 1.98. The SMILES string of the molecule is O=C(CCCc1nc(-c2ccc(F)cc2)no1)N1CCc2sccc2C1. The molecule has 0 radical (unpaired) electrons. The van der Waals surface area contributed by atoms with Crippen LogP contribution in [0.1, 0.15) is 29.2 Å². The summed E-state index contributed by atoms with van der Waals surface area (Å²) in [5, 5.41) is 6.01. The van der Waals surface area contributed by atoms with Crippen LogP contribution in [0, 0.1) is 5.82 Å². The Morgan fingerprint density at radius 3 is 2.96 bits per heavy atom. The second-order valence-corrected chi connectivity index (χ2v) is 7.31. The maximum absolute atomic E-state index is 13.0. The van der Waals surface area contributed by atoms with E-state index >= 15 is 0 Å². The lowest BCUT2D eigenvalue weighted by molar-refractivity contribution is -0.132. The normalized spacial score (nSPS) is 13.7. The van der Waals surface area contributed by atoms with Gasteiger partial charge < -0.3 is 9.42 Å². The summed E-state index contributed by atoms with van der Waals surface area (Å²) in [6.07, 6.45) is 2.63. The van der Waals surface area contributed by atoms with Crippen molar-refractivity contribution in [1.82, 2.24) is 15.0 Å². The van der Waals surface area contributed by atoms with Crippen LogP contribution in [0.15, 0.2) is 40.2 Å². The van der Waals surface area contributed by atoms with Gasteiger partial charge in [0.25, 0.3) is 0 Å². The monoisotopic (exact) mass is 371 g/mol. The predicted molar refractivity (Wildman–Crippen MR) is 96.1 cm³/mol. The minimum Gasteiger partial charge on any atom is -0.339 e. The van der Waals surface area contributed by atoms with Gasteiger partial charge in [-0.3, -0.25) is 4.79 Å². The van der Waals surface area contributed by atoms with Crippen molar-refractivity contribution < 1.29 is 13.7 Å². The van der Waals surface area contributed by atoms with Crippen molar-refractivity contribution in [1.29, 1.82) is 0 Å². The molecule has 1 aliphatic heterocycles. The first-order chi connectivity index (χ1) is 12.7. The standard InChI is InChI=1S/C19H18FN3O2S/c20-15-6-4-13(5-7-15)19-21-17(25-22-19)2-1-3-18(24)23-10-8-16-14(12-23)9-11-26-16/h4-7,9,11H,1-3,8,10,12H2. The summed E-state index contributed by atoms with van der Waals surface area (Å²) >= 11 is 1.77. The quantitative estimate of drug-likeness (QED) is 0.684. The van der Waals surface area contributed by atoms with E-state index in [2.05, 4.69) is 21.6 Å². The molecule has 3 heterocycles. The third-order valence-corrected chi connectivity index (χ3v) is 5.54. The summed E-state index contributed by atoms with van der Waals surface area (Å²) in [7, 11) is 0. The second kappa shape index (κ2) is 7.37. The van der Waals surface area contributed by atoms with Crippen molar-refractivity contribution in [3.05, 3.63) is 57.9 Å². The van der Waals surface area contributed by atoms with Crippen LogP contribution in [-0.2, 0) is 24.2 Å². The van der Waals surface area contributed by atoms with Crippen molar-refractivity contribution >= 4 is 17.2 Å². The molecule has 4 rings (SSSR count). The van der Waals surface area contributed by atoms with E-state index in [1.54, 1.807) is 23.5 Å². The Hall–Kier alpha value is -2.54. The van der Waals surface area contributed by atoms with Gasteiger partial charge in [0.05, 0.1) is 0 Å². The summed E-state index contributed by atoms with van der Waals surface area (Å²) in [6, 6.07) is 8.06. The highest BCUT2D eigenvalue weighted by atomic mass is 32.1.